The van der Waals surface area contributed by atoms with Gasteiger partial charge in [-0.05, 0) is 18.2 Å². The van der Waals surface area contributed by atoms with E-state index in [1.54, 1.807) is 52.2 Å². The lowest BCUT2D eigenvalue weighted by Crippen LogP contribution is -2.15. The highest BCUT2D eigenvalue weighted by atomic mass is 32.1. The van der Waals surface area contributed by atoms with Crippen LogP contribution in [-0.4, -0.2) is 27.5 Å². The highest BCUT2D eigenvalue weighted by Gasteiger charge is 2.23. The van der Waals surface area contributed by atoms with E-state index in [0.29, 0.717) is 22.0 Å². The SMILES string of the molecule is CN(c1cccc(C#N)c1)c1nc2sccn2c1C(=O)O. The number of carboxylic acids is 1. The molecular weight excluding hydrogens is 288 g/mol. The normalized spacial score (nSPS) is 10.5. The molecule has 0 aliphatic carbocycles. The standard InChI is InChI=1S/C14H10N4O2S/c1-17(10-4-2-3-9(7-10)8-15)12-11(13(19)20)18-5-6-21-14(18)16-12/h2-7H,1H3,(H,19,20). The Morgan fingerprint density at radius 3 is 3.05 bits per heavy atom. The van der Waals surface area contributed by atoms with Gasteiger partial charge in [-0.25, -0.2) is 9.78 Å². The van der Waals surface area contributed by atoms with Crippen LogP contribution in [0.3, 0.4) is 0 Å². The number of aromatic nitrogens is 2. The summed E-state index contributed by atoms with van der Waals surface area (Å²) in [5, 5.41) is 20.2. The van der Waals surface area contributed by atoms with Crippen LogP contribution in [0, 0.1) is 11.3 Å². The number of carboxylic acid groups (broad SMARTS) is 1. The van der Waals surface area contributed by atoms with E-state index >= 15 is 0 Å². The Balaban J connectivity index is 2.15. The molecule has 3 aromatic rings. The van der Waals surface area contributed by atoms with E-state index in [0.717, 1.165) is 0 Å². The Bertz CT molecular complexity index is 875. The summed E-state index contributed by atoms with van der Waals surface area (Å²) in [6.07, 6.45) is 1.68. The number of rotatable bonds is 3. The molecule has 21 heavy (non-hydrogen) atoms. The lowest BCUT2D eigenvalue weighted by molar-refractivity contribution is 0.0690. The van der Waals surface area contributed by atoms with E-state index in [9.17, 15) is 9.90 Å². The molecule has 0 radical (unpaired) electrons. The molecule has 1 N–H and O–H groups in total. The van der Waals surface area contributed by atoms with Crippen molar-refractivity contribution in [3.63, 3.8) is 0 Å². The first-order chi connectivity index (χ1) is 10.1. The van der Waals surface area contributed by atoms with Crippen LogP contribution in [0.4, 0.5) is 11.5 Å². The summed E-state index contributed by atoms with van der Waals surface area (Å²) >= 11 is 1.37. The number of nitriles is 1. The van der Waals surface area contributed by atoms with Gasteiger partial charge in [-0.1, -0.05) is 6.07 Å². The van der Waals surface area contributed by atoms with Crippen molar-refractivity contribution in [1.29, 1.82) is 5.26 Å². The highest BCUT2D eigenvalue weighted by Crippen LogP contribution is 2.29. The first kappa shape index (κ1) is 13.1. The molecule has 7 heteroatoms. The topological polar surface area (TPSA) is 81.6 Å². The van der Waals surface area contributed by atoms with E-state index in [2.05, 4.69) is 11.1 Å². The van der Waals surface area contributed by atoms with Crippen molar-refractivity contribution < 1.29 is 9.90 Å². The van der Waals surface area contributed by atoms with Gasteiger partial charge in [0.2, 0.25) is 0 Å². The Morgan fingerprint density at radius 2 is 2.33 bits per heavy atom. The zero-order valence-electron chi connectivity index (χ0n) is 11.0. The van der Waals surface area contributed by atoms with Crippen LogP contribution in [0.25, 0.3) is 4.96 Å². The molecule has 104 valence electrons. The van der Waals surface area contributed by atoms with Gasteiger partial charge in [0.05, 0.1) is 11.6 Å². The van der Waals surface area contributed by atoms with Gasteiger partial charge in [-0.3, -0.25) is 4.40 Å². The minimum Gasteiger partial charge on any atom is -0.476 e. The first-order valence-electron chi connectivity index (χ1n) is 6.04. The summed E-state index contributed by atoms with van der Waals surface area (Å²) < 4.78 is 1.55. The van der Waals surface area contributed by atoms with Crippen LogP contribution in [0.1, 0.15) is 16.1 Å². The quantitative estimate of drug-likeness (QED) is 0.804. The van der Waals surface area contributed by atoms with Crippen molar-refractivity contribution in [3.8, 4) is 6.07 Å². The first-order valence-corrected chi connectivity index (χ1v) is 6.92. The molecule has 0 atom stereocenters. The third kappa shape index (κ3) is 2.11. The number of thiazole rings is 1. The van der Waals surface area contributed by atoms with E-state index in [1.807, 2.05) is 0 Å². The van der Waals surface area contributed by atoms with E-state index < -0.39 is 5.97 Å². The molecule has 0 unspecified atom stereocenters. The largest absolute Gasteiger partial charge is 0.476 e. The molecule has 0 spiro atoms. The van der Waals surface area contributed by atoms with Crippen LogP contribution in [0.15, 0.2) is 35.8 Å². The molecule has 0 aliphatic rings. The van der Waals surface area contributed by atoms with Gasteiger partial charge in [-0.2, -0.15) is 5.26 Å². The number of benzene rings is 1. The summed E-state index contributed by atoms with van der Waals surface area (Å²) in [6.45, 7) is 0. The number of imidazole rings is 1. The number of fused-ring (bicyclic) bond motifs is 1. The van der Waals surface area contributed by atoms with Crippen LogP contribution in [0.5, 0.6) is 0 Å². The Morgan fingerprint density at radius 1 is 1.52 bits per heavy atom. The van der Waals surface area contributed by atoms with Crippen molar-refractivity contribution in [2.24, 2.45) is 0 Å². The van der Waals surface area contributed by atoms with E-state index in [-0.39, 0.29) is 5.69 Å². The fourth-order valence-corrected chi connectivity index (χ4v) is 2.82. The summed E-state index contributed by atoms with van der Waals surface area (Å²) in [5.41, 5.74) is 1.33. The zero-order valence-corrected chi connectivity index (χ0v) is 11.8. The summed E-state index contributed by atoms with van der Waals surface area (Å²) in [4.78, 5) is 18.2. The predicted octanol–water partition coefficient (Wildman–Crippen LogP) is 2.73. The van der Waals surface area contributed by atoms with Crippen molar-refractivity contribution in [2.75, 3.05) is 11.9 Å². The number of hydrogen-bond acceptors (Lipinski definition) is 5. The maximum absolute atomic E-state index is 11.5. The van der Waals surface area contributed by atoms with Gasteiger partial charge >= 0.3 is 5.97 Å². The zero-order chi connectivity index (χ0) is 15.0. The maximum atomic E-state index is 11.5. The van der Waals surface area contributed by atoms with Crippen molar-refractivity contribution >= 4 is 33.8 Å². The molecule has 0 saturated heterocycles. The van der Waals surface area contributed by atoms with Gasteiger partial charge < -0.3 is 10.0 Å². The molecule has 3 rings (SSSR count). The molecule has 0 saturated carbocycles. The molecule has 0 bridgehead atoms. The van der Waals surface area contributed by atoms with Gasteiger partial charge in [-0.15, -0.1) is 11.3 Å². The summed E-state index contributed by atoms with van der Waals surface area (Å²) in [5.74, 6) is -0.691. The molecule has 2 aromatic heterocycles. The van der Waals surface area contributed by atoms with Crippen LogP contribution >= 0.6 is 11.3 Å². The fourth-order valence-electron chi connectivity index (χ4n) is 2.11. The number of anilines is 2. The number of carbonyl (C=O) groups is 1. The van der Waals surface area contributed by atoms with Crippen LogP contribution in [0.2, 0.25) is 0 Å². The molecule has 6 nitrogen and oxygen atoms in total. The van der Waals surface area contributed by atoms with Crippen molar-refractivity contribution in [2.45, 2.75) is 0 Å². The summed E-state index contributed by atoms with van der Waals surface area (Å²) in [7, 11) is 1.73. The second-order valence-corrected chi connectivity index (χ2v) is 5.24. The molecule has 0 aliphatic heterocycles. The van der Waals surface area contributed by atoms with Crippen molar-refractivity contribution in [1.82, 2.24) is 9.38 Å². The third-order valence-electron chi connectivity index (χ3n) is 3.13. The maximum Gasteiger partial charge on any atom is 0.356 e. The smallest absolute Gasteiger partial charge is 0.356 e. The Labute approximate surface area is 124 Å². The molecular formula is C14H10N4O2S. The summed E-state index contributed by atoms with van der Waals surface area (Å²) in [6, 6.07) is 9.01. The lowest BCUT2D eigenvalue weighted by Gasteiger charge is -2.17. The van der Waals surface area contributed by atoms with Crippen LogP contribution < -0.4 is 4.90 Å². The van der Waals surface area contributed by atoms with E-state index in [1.165, 1.54) is 11.3 Å². The minimum absolute atomic E-state index is 0.108. The minimum atomic E-state index is -1.04. The van der Waals surface area contributed by atoms with Gasteiger partial charge in [0.25, 0.3) is 0 Å². The van der Waals surface area contributed by atoms with Gasteiger partial charge in [0.1, 0.15) is 0 Å². The fraction of sp³-hybridized carbons (Fsp3) is 0.0714. The lowest BCUT2D eigenvalue weighted by atomic mass is 10.2. The number of aromatic carboxylic acids is 1. The van der Waals surface area contributed by atoms with E-state index in [4.69, 9.17) is 5.26 Å². The molecule has 0 fully saturated rings. The molecule has 1 aromatic carbocycles. The Kier molecular flexibility index (Phi) is 3.08. The molecule has 0 amide bonds. The Hall–Kier alpha value is -2.85. The number of nitrogens with zero attached hydrogens (tertiary/aromatic N) is 4. The molecule has 2 heterocycles. The average molecular weight is 298 g/mol. The van der Waals surface area contributed by atoms with Crippen molar-refractivity contribution in [3.05, 3.63) is 47.1 Å². The van der Waals surface area contributed by atoms with Gasteiger partial charge in [0.15, 0.2) is 16.5 Å². The predicted molar refractivity (Wildman–Crippen MR) is 79.2 cm³/mol. The van der Waals surface area contributed by atoms with Crippen LogP contribution in [-0.2, 0) is 0 Å². The monoisotopic (exact) mass is 298 g/mol. The second kappa shape index (κ2) is 4.92. The highest BCUT2D eigenvalue weighted by molar-refractivity contribution is 7.15. The van der Waals surface area contributed by atoms with Gasteiger partial charge in [0, 0.05) is 24.3 Å². The second-order valence-electron chi connectivity index (χ2n) is 4.37. The third-order valence-corrected chi connectivity index (χ3v) is 3.88. The number of hydrogen-bond donors (Lipinski definition) is 1. The average Bonchev–Trinajstić information content (AvgIpc) is 3.06.